The molecule has 0 aliphatic rings. The van der Waals surface area contributed by atoms with Gasteiger partial charge in [-0.1, -0.05) is 58.3 Å². The molecule has 0 saturated heterocycles. The second-order valence-corrected chi connectivity index (χ2v) is 4.65. The fourth-order valence-corrected chi connectivity index (χ4v) is 1.82. The van der Waals surface area contributed by atoms with Crippen molar-refractivity contribution in [3.8, 4) is 0 Å². The average Bonchev–Trinajstić information content (AvgIpc) is 2.31. The van der Waals surface area contributed by atoms with Crippen molar-refractivity contribution in [1.29, 1.82) is 0 Å². The van der Waals surface area contributed by atoms with Crippen LogP contribution in [0.1, 0.15) is 71.1 Å². The van der Waals surface area contributed by atoms with Gasteiger partial charge in [0.15, 0.2) is 0 Å². The normalized spacial score (nSPS) is 10.9. The Balaban J connectivity index is 2.83. The van der Waals surface area contributed by atoms with Gasteiger partial charge in [0.2, 0.25) is 0 Å². The van der Waals surface area contributed by atoms with E-state index in [2.05, 4.69) is 12.7 Å². The van der Waals surface area contributed by atoms with E-state index in [9.17, 15) is 0 Å². The zero-order valence-corrected chi connectivity index (χ0v) is 11.3. The van der Waals surface area contributed by atoms with Gasteiger partial charge in [0.05, 0.1) is 13.2 Å². The number of unbranched alkanes of at least 4 members (excludes halogenated alkanes) is 8. The van der Waals surface area contributed by atoms with Gasteiger partial charge in [-0.05, 0) is 6.42 Å². The van der Waals surface area contributed by atoms with Crippen LogP contribution in [0, 0.1) is 0 Å². The molecule has 0 bridgehead atoms. The van der Waals surface area contributed by atoms with Gasteiger partial charge in [-0.25, -0.2) is 0 Å². The number of hydrogen-bond donors (Lipinski definition) is 1. The lowest BCUT2D eigenvalue weighted by Gasteiger charge is -2.03. The van der Waals surface area contributed by atoms with E-state index >= 15 is 0 Å². The Morgan fingerprint density at radius 1 is 0.688 bits per heavy atom. The third-order valence-corrected chi connectivity index (χ3v) is 2.93. The first-order chi connectivity index (χ1) is 7.91. The van der Waals surface area contributed by atoms with Crippen LogP contribution in [-0.2, 0) is 4.74 Å². The third kappa shape index (κ3) is 13.9. The Kier molecular flexibility index (Phi) is 14.8. The molecule has 2 heteroatoms. The summed E-state index contributed by atoms with van der Waals surface area (Å²) in [4.78, 5) is 0. The predicted octanol–water partition coefficient (Wildman–Crippen LogP) is 3.17. The molecule has 0 amide bonds. The molecule has 0 heterocycles. The molecule has 0 spiro atoms. The summed E-state index contributed by atoms with van der Waals surface area (Å²) in [5, 5.41) is 0. The standard InChI is InChI=1S/C14H31NO/c1-2-3-4-5-6-7-8-9-10-13-16-14-11-12-15/h2-15H2,1H3/p+1. The van der Waals surface area contributed by atoms with Crippen molar-refractivity contribution in [1.82, 2.24) is 0 Å². The highest BCUT2D eigenvalue weighted by molar-refractivity contribution is 4.46. The van der Waals surface area contributed by atoms with Crippen LogP contribution in [0.2, 0.25) is 0 Å². The second kappa shape index (κ2) is 14.9. The van der Waals surface area contributed by atoms with Crippen molar-refractivity contribution in [3.63, 3.8) is 0 Å². The first-order valence-corrected chi connectivity index (χ1v) is 7.28. The number of hydrogen-bond acceptors (Lipinski definition) is 1. The molecule has 2 nitrogen and oxygen atoms in total. The largest absolute Gasteiger partial charge is 0.381 e. The molecule has 0 aliphatic heterocycles. The molecule has 98 valence electrons. The minimum absolute atomic E-state index is 0.903. The summed E-state index contributed by atoms with van der Waals surface area (Å²) in [6.07, 6.45) is 13.6. The summed E-state index contributed by atoms with van der Waals surface area (Å²) >= 11 is 0. The number of rotatable bonds is 13. The van der Waals surface area contributed by atoms with E-state index in [1.54, 1.807) is 0 Å². The number of ether oxygens (including phenoxy) is 1. The number of quaternary nitrogens is 1. The molecule has 3 N–H and O–H groups in total. The van der Waals surface area contributed by atoms with Gasteiger partial charge in [-0.3, -0.25) is 0 Å². The highest BCUT2D eigenvalue weighted by atomic mass is 16.5. The molecular formula is C14H32NO+. The van der Waals surface area contributed by atoms with Crippen LogP contribution in [-0.4, -0.2) is 19.8 Å². The molecule has 0 aromatic carbocycles. The summed E-state index contributed by atoms with van der Waals surface area (Å²) in [5.41, 5.74) is 3.79. The van der Waals surface area contributed by atoms with Crippen LogP contribution < -0.4 is 5.73 Å². The fourth-order valence-electron chi connectivity index (χ4n) is 1.82. The zero-order valence-electron chi connectivity index (χ0n) is 11.3. The fraction of sp³-hybridized carbons (Fsp3) is 1.00. The molecule has 16 heavy (non-hydrogen) atoms. The Morgan fingerprint density at radius 2 is 1.19 bits per heavy atom. The topological polar surface area (TPSA) is 36.9 Å². The monoisotopic (exact) mass is 230 g/mol. The molecule has 0 saturated carbocycles. The van der Waals surface area contributed by atoms with Gasteiger partial charge in [0.25, 0.3) is 0 Å². The van der Waals surface area contributed by atoms with Crippen molar-refractivity contribution < 1.29 is 10.5 Å². The Labute approximate surface area is 102 Å². The lowest BCUT2D eigenvalue weighted by atomic mass is 10.1. The summed E-state index contributed by atoms with van der Waals surface area (Å²) in [6, 6.07) is 0. The lowest BCUT2D eigenvalue weighted by molar-refractivity contribution is -0.369. The minimum Gasteiger partial charge on any atom is -0.381 e. The average molecular weight is 230 g/mol. The predicted molar refractivity (Wildman–Crippen MR) is 70.4 cm³/mol. The Hall–Kier alpha value is -0.0800. The highest BCUT2D eigenvalue weighted by Crippen LogP contribution is 2.09. The van der Waals surface area contributed by atoms with Gasteiger partial charge < -0.3 is 10.5 Å². The molecular weight excluding hydrogens is 198 g/mol. The zero-order chi connectivity index (χ0) is 11.9. The first kappa shape index (κ1) is 15.9. The third-order valence-electron chi connectivity index (χ3n) is 2.93. The van der Waals surface area contributed by atoms with Crippen molar-refractivity contribution in [2.75, 3.05) is 19.8 Å². The van der Waals surface area contributed by atoms with Crippen LogP contribution in [0.5, 0.6) is 0 Å². The molecule has 0 atom stereocenters. The molecule has 0 unspecified atom stereocenters. The first-order valence-electron chi connectivity index (χ1n) is 7.28. The van der Waals surface area contributed by atoms with Crippen molar-refractivity contribution in [2.24, 2.45) is 0 Å². The van der Waals surface area contributed by atoms with Crippen molar-refractivity contribution >= 4 is 0 Å². The lowest BCUT2D eigenvalue weighted by Crippen LogP contribution is -2.50. The van der Waals surface area contributed by atoms with E-state index in [4.69, 9.17) is 4.74 Å². The Bertz CT molecular complexity index is 103. The smallest absolute Gasteiger partial charge is 0.0762 e. The van der Waals surface area contributed by atoms with E-state index in [0.29, 0.717) is 0 Å². The van der Waals surface area contributed by atoms with Gasteiger partial charge in [-0.15, -0.1) is 0 Å². The van der Waals surface area contributed by atoms with E-state index in [1.165, 1.54) is 57.8 Å². The molecule has 0 aliphatic carbocycles. The van der Waals surface area contributed by atoms with Gasteiger partial charge in [0.1, 0.15) is 0 Å². The quantitative estimate of drug-likeness (QED) is 0.485. The van der Waals surface area contributed by atoms with E-state index in [1.807, 2.05) is 0 Å². The van der Waals surface area contributed by atoms with Crippen LogP contribution in [0.15, 0.2) is 0 Å². The van der Waals surface area contributed by atoms with Crippen LogP contribution in [0.4, 0.5) is 0 Å². The highest BCUT2D eigenvalue weighted by Gasteiger charge is 1.92. The molecule has 0 aromatic heterocycles. The van der Waals surface area contributed by atoms with E-state index < -0.39 is 0 Å². The van der Waals surface area contributed by atoms with Gasteiger partial charge in [0, 0.05) is 13.0 Å². The Morgan fingerprint density at radius 3 is 1.75 bits per heavy atom. The van der Waals surface area contributed by atoms with Crippen molar-refractivity contribution in [2.45, 2.75) is 71.1 Å². The van der Waals surface area contributed by atoms with Crippen LogP contribution >= 0.6 is 0 Å². The maximum atomic E-state index is 5.49. The summed E-state index contributed by atoms with van der Waals surface area (Å²) in [5.74, 6) is 0. The molecule has 0 radical (unpaired) electrons. The van der Waals surface area contributed by atoms with Crippen molar-refractivity contribution in [3.05, 3.63) is 0 Å². The van der Waals surface area contributed by atoms with E-state index in [0.717, 1.165) is 26.2 Å². The molecule has 0 aromatic rings. The van der Waals surface area contributed by atoms with Gasteiger partial charge >= 0.3 is 0 Å². The van der Waals surface area contributed by atoms with Crippen LogP contribution in [0.3, 0.4) is 0 Å². The second-order valence-electron chi connectivity index (χ2n) is 4.65. The van der Waals surface area contributed by atoms with Crippen LogP contribution in [0.25, 0.3) is 0 Å². The van der Waals surface area contributed by atoms with Gasteiger partial charge in [-0.2, -0.15) is 0 Å². The maximum Gasteiger partial charge on any atom is 0.0762 e. The summed E-state index contributed by atoms with van der Waals surface area (Å²) < 4.78 is 5.49. The summed E-state index contributed by atoms with van der Waals surface area (Å²) in [7, 11) is 0. The maximum absolute atomic E-state index is 5.49. The molecule has 0 rings (SSSR count). The SMILES string of the molecule is CCCCCCCCCCCOCCC[NH3+]. The minimum atomic E-state index is 0.903. The summed E-state index contributed by atoms with van der Waals surface area (Å²) in [6.45, 7) is 5.13. The molecule has 0 fully saturated rings. The van der Waals surface area contributed by atoms with E-state index in [-0.39, 0.29) is 0 Å².